The Labute approximate surface area is 182 Å². The second kappa shape index (κ2) is 8.59. The number of carbonyl (C=O) groups is 3. The average molecular weight is 522 g/mol. The summed E-state index contributed by atoms with van der Waals surface area (Å²) in [6.07, 6.45) is 6.51. The highest BCUT2D eigenvalue weighted by atomic mass is 79.9. The van der Waals surface area contributed by atoms with Gasteiger partial charge in [0.05, 0.1) is 14.6 Å². The molecule has 0 aromatic heterocycles. The van der Waals surface area contributed by atoms with Crippen molar-refractivity contribution >= 4 is 61.5 Å². The molecule has 0 saturated carbocycles. The summed E-state index contributed by atoms with van der Waals surface area (Å²) in [5.74, 6) is 0.464. The van der Waals surface area contributed by atoms with E-state index in [-0.39, 0.29) is 17.9 Å². The third-order valence-corrected chi connectivity index (χ3v) is 4.98. The molecule has 2 aromatic carbocycles. The van der Waals surface area contributed by atoms with Crippen molar-refractivity contribution in [2.24, 2.45) is 0 Å². The zero-order valence-corrected chi connectivity index (χ0v) is 17.7. The maximum atomic E-state index is 13.5. The lowest BCUT2D eigenvalue weighted by atomic mass is 10.1. The Bertz CT molecular complexity index is 1080. The minimum absolute atomic E-state index is 0.00583. The molecule has 3 rings (SSSR count). The van der Waals surface area contributed by atoms with Gasteiger partial charge in [0.25, 0.3) is 11.8 Å². The van der Waals surface area contributed by atoms with Crippen LogP contribution < -0.4 is 15.0 Å². The second-order valence-electron chi connectivity index (χ2n) is 5.74. The van der Waals surface area contributed by atoms with Crippen molar-refractivity contribution in [3.05, 3.63) is 62.3 Å². The standard InChI is InChI=1S/C20H11Br2FN2O4/c1-2-6-29-17-15(21)8-11(9-16(17)22)7-14-18(26)24-20(28)25(19(14)27)13-5-3-4-12(23)10-13/h1,3-5,7-10H,6H2,(H,24,26,28)/b14-7+. The molecule has 0 atom stereocenters. The van der Waals surface area contributed by atoms with Gasteiger partial charge in [0.2, 0.25) is 0 Å². The minimum Gasteiger partial charge on any atom is -0.479 e. The number of anilines is 1. The summed E-state index contributed by atoms with van der Waals surface area (Å²) in [4.78, 5) is 37.9. The fourth-order valence-corrected chi connectivity index (χ4v) is 4.04. The first-order valence-corrected chi connectivity index (χ1v) is 9.62. The SMILES string of the molecule is C#CCOc1c(Br)cc(/C=C2\C(=O)NC(=O)N(c3cccc(F)c3)C2=O)cc1Br. The molecule has 29 heavy (non-hydrogen) atoms. The number of rotatable bonds is 4. The maximum Gasteiger partial charge on any atom is 0.335 e. The third-order valence-electron chi connectivity index (χ3n) is 3.80. The molecule has 0 spiro atoms. The van der Waals surface area contributed by atoms with Crippen LogP contribution in [0.2, 0.25) is 0 Å². The molecule has 1 aliphatic heterocycles. The Hall–Kier alpha value is -2.96. The first-order chi connectivity index (χ1) is 13.8. The van der Waals surface area contributed by atoms with E-state index in [9.17, 15) is 18.8 Å². The molecule has 0 aliphatic carbocycles. The summed E-state index contributed by atoms with van der Waals surface area (Å²) < 4.78 is 20.0. The van der Waals surface area contributed by atoms with Crippen LogP contribution in [0.25, 0.3) is 6.08 Å². The molecule has 0 unspecified atom stereocenters. The summed E-state index contributed by atoms with van der Waals surface area (Å²) in [5, 5.41) is 2.08. The summed E-state index contributed by atoms with van der Waals surface area (Å²) in [6, 6.07) is 7.22. The van der Waals surface area contributed by atoms with E-state index in [0.717, 1.165) is 6.07 Å². The normalized spacial score (nSPS) is 15.3. The van der Waals surface area contributed by atoms with E-state index in [2.05, 4.69) is 43.1 Å². The van der Waals surface area contributed by atoms with Gasteiger partial charge in [-0.05, 0) is 73.8 Å². The molecular weight excluding hydrogens is 511 g/mol. The average Bonchev–Trinajstić information content (AvgIpc) is 2.64. The Balaban J connectivity index is 2.00. The highest BCUT2D eigenvalue weighted by Gasteiger charge is 2.37. The lowest BCUT2D eigenvalue weighted by Crippen LogP contribution is -2.54. The number of nitrogens with zero attached hydrogens (tertiary/aromatic N) is 1. The molecule has 0 radical (unpaired) electrons. The molecule has 1 heterocycles. The van der Waals surface area contributed by atoms with E-state index >= 15 is 0 Å². The Kier molecular flexibility index (Phi) is 6.15. The van der Waals surface area contributed by atoms with Crippen LogP contribution in [0.5, 0.6) is 5.75 Å². The molecular formula is C20H11Br2FN2O4. The Morgan fingerprint density at radius 2 is 1.86 bits per heavy atom. The number of halogens is 3. The minimum atomic E-state index is -0.955. The van der Waals surface area contributed by atoms with Crippen molar-refractivity contribution in [1.29, 1.82) is 0 Å². The van der Waals surface area contributed by atoms with Crippen LogP contribution in [0, 0.1) is 18.2 Å². The zero-order chi connectivity index (χ0) is 21.1. The van der Waals surface area contributed by atoms with Crippen LogP contribution >= 0.6 is 31.9 Å². The number of hydrogen-bond donors (Lipinski definition) is 1. The summed E-state index contributed by atoms with van der Waals surface area (Å²) >= 11 is 6.69. The Morgan fingerprint density at radius 3 is 2.48 bits per heavy atom. The van der Waals surface area contributed by atoms with E-state index < -0.39 is 23.7 Å². The molecule has 1 aliphatic rings. The zero-order valence-electron chi connectivity index (χ0n) is 14.5. The molecule has 0 bridgehead atoms. The second-order valence-corrected chi connectivity index (χ2v) is 7.45. The van der Waals surface area contributed by atoms with Crippen LogP contribution in [0.3, 0.4) is 0 Å². The van der Waals surface area contributed by atoms with Crippen molar-refractivity contribution < 1.29 is 23.5 Å². The smallest absolute Gasteiger partial charge is 0.335 e. The van der Waals surface area contributed by atoms with E-state index in [0.29, 0.717) is 25.2 Å². The van der Waals surface area contributed by atoms with Gasteiger partial charge in [-0.3, -0.25) is 14.9 Å². The number of carbonyl (C=O) groups excluding carboxylic acids is 3. The van der Waals surface area contributed by atoms with Crippen LogP contribution in [0.4, 0.5) is 14.9 Å². The maximum absolute atomic E-state index is 13.5. The monoisotopic (exact) mass is 520 g/mol. The van der Waals surface area contributed by atoms with E-state index in [1.165, 1.54) is 24.3 Å². The number of amides is 4. The van der Waals surface area contributed by atoms with E-state index in [1.807, 2.05) is 0 Å². The van der Waals surface area contributed by atoms with Gasteiger partial charge in [-0.2, -0.15) is 0 Å². The highest BCUT2D eigenvalue weighted by molar-refractivity contribution is 9.11. The lowest BCUT2D eigenvalue weighted by molar-refractivity contribution is -0.122. The predicted molar refractivity (Wildman–Crippen MR) is 112 cm³/mol. The van der Waals surface area contributed by atoms with Gasteiger partial charge in [0.15, 0.2) is 0 Å². The molecule has 1 saturated heterocycles. The van der Waals surface area contributed by atoms with E-state index in [4.69, 9.17) is 11.2 Å². The van der Waals surface area contributed by atoms with Gasteiger partial charge in [0, 0.05) is 0 Å². The Morgan fingerprint density at radius 1 is 1.17 bits per heavy atom. The van der Waals surface area contributed by atoms with E-state index in [1.54, 1.807) is 12.1 Å². The van der Waals surface area contributed by atoms with Gasteiger partial charge in [-0.25, -0.2) is 14.1 Å². The quantitative estimate of drug-likeness (QED) is 0.374. The summed E-state index contributed by atoms with van der Waals surface area (Å²) in [7, 11) is 0. The molecule has 1 fully saturated rings. The first kappa shape index (κ1) is 20.8. The number of urea groups is 1. The highest BCUT2D eigenvalue weighted by Crippen LogP contribution is 2.35. The van der Waals surface area contributed by atoms with Crippen molar-refractivity contribution in [1.82, 2.24) is 5.32 Å². The van der Waals surface area contributed by atoms with Crippen LogP contribution in [-0.2, 0) is 9.59 Å². The number of imide groups is 2. The number of terminal acetylenes is 1. The largest absolute Gasteiger partial charge is 0.479 e. The summed E-state index contributed by atoms with van der Waals surface area (Å²) in [5.41, 5.74) is 0.195. The lowest BCUT2D eigenvalue weighted by Gasteiger charge is -2.26. The topological polar surface area (TPSA) is 75.7 Å². The van der Waals surface area contributed by atoms with Gasteiger partial charge in [-0.1, -0.05) is 12.0 Å². The number of nitrogens with one attached hydrogen (secondary N) is 1. The van der Waals surface area contributed by atoms with Gasteiger partial charge >= 0.3 is 6.03 Å². The third kappa shape index (κ3) is 4.39. The molecule has 1 N–H and O–H groups in total. The fraction of sp³-hybridized carbons (Fsp3) is 0.0500. The number of barbiturate groups is 1. The number of hydrogen-bond acceptors (Lipinski definition) is 4. The molecule has 6 nitrogen and oxygen atoms in total. The molecule has 9 heteroatoms. The number of benzene rings is 2. The van der Waals surface area contributed by atoms with Crippen LogP contribution in [-0.4, -0.2) is 24.5 Å². The molecule has 4 amide bonds. The van der Waals surface area contributed by atoms with Crippen LogP contribution in [0.15, 0.2) is 50.9 Å². The predicted octanol–water partition coefficient (Wildman–Crippen LogP) is 4.03. The summed E-state index contributed by atoms with van der Waals surface area (Å²) in [6.45, 7) is 0.0588. The number of ether oxygens (including phenoxy) is 1. The van der Waals surface area contributed by atoms with Crippen LogP contribution in [0.1, 0.15) is 5.56 Å². The van der Waals surface area contributed by atoms with Crippen molar-refractivity contribution in [3.63, 3.8) is 0 Å². The van der Waals surface area contributed by atoms with Crippen molar-refractivity contribution in [2.45, 2.75) is 0 Å². The van der Waals surface area contributed by atoms with Crippen molar-refractivity contribution in [2.75, 3.05) is 11.5 Å². The fourth-order valence-electron chi connectivity index (χ4n) is 2.59. The first-order valence-electron chi connectivity index (χ1n) is 8.04. The van der Waals surface area contributed by atoms with Gasteiger partial charge in [-0.15, -0.1) is 6.42 Å². The molecule has 2 aromatic rings. The molecule has 146 valence electrons. The van der Waals surface area contributed by atoms with Gasteiger partial charge < -0.3 is 4.74 Å². The van der Waals surface area contributed by atoms with Gasteiger partial charge in [0.1, 0.15) is 23.7 Å². The van der Waals surface area contributed by atoms with Crippen molar-refractivity contribution in [3.8, 4) is 18.1 Å².